The zero-order valence-corrected chi connectivity index (χ0v) is 16.5. The second-order valence-corrected chi connectivity index (χ2v) is 9.74. The number of hydrogen-bond donors (Lipinski definition) is 2. The minimum atomic E-state index is -3.75. The summed E-state index contributed by atoms with van der Waals surface area (Å²) in [4.78, 5) is 16.1. The van der Waals surface area contributed by atoms with E-state index in [0.29, 0.717) is 5.65 Å². The monoisotopic (exact) mass is 400 g/mol. The summed E-state index contributed by atoms with van der Waals surface area (Å²) in [5, 5.41) is 2.71. The predicted octanol–water partition coefficient (Wildman–Crippen LogP) is 3.17. The molecule has 26 heavy (non-hydrogen) atoms. The zero-order chi connectivity index (χ0) is 19.3. The Kier molecular flexibility index (Phi) is 4.45. The van der Waals surface area contributed by atoms with Crippen molar-refractivity contribution < 1.29 is 17.9 Å². The summed E-state index contributed by atoms with van der Waals surface area (Å²) < 4.78 is 34.5. The highest BCUT2D eigenvalue weighted by atomic mass is 35.5. The lowest BCUT2D eigenvalue weighted by Crippen LogP contribution is -2.34. The fourth-order valence-electron chi connectivity index (χ4n) is 2.34. The molecule has 0 saturated heterocycles. The number of carbonyl (C=O) groups is 1. The average molecular weight is 401 g/mol. The third kappa shape index (κ3) is 4.11. The van der Waals surface area contributed by atoms with Crippen molar-refractivity contribution >= 4 is 39.2 Å². The fourth-order valence-corrected chi connectivity index (χ4v) is 4.15. The summed E-state index contributed by atoms with van der Waals surface area (Å²) in [5.74, 6) is 0.255. The summed E-state index contributed by atoms with van der Waals surface area (Å²) >= 11 is 6.19. The van der Waals surface area contributed by atoms with E-state index < -0.39 is 27.3 Å². The highest BCUT2D eigenvalue weighted by Gasteiger charge is 2.41. The van der Waals surface area contributed by atoms with Crippen LogP contribution < -0.4 is 10.0 Å². The molecule has 2 N–H and O–H groups in total. The number of nitrogens with one attached hydrogen (secondary N) is 2. The van der Waals surface area contributed by atoms with E-state index in [9.17, 15) is 13.2 Å². The average Bonchev–Trinajstić information content (AvgIpc) is 3.03. The molecule has 10 heteroatoms. The molecule has 0 atom stereocenters. The normalized spacial score (nSPS) is 16.5. The van der Waals surface area contributed by atoms with Gasteiger partial charge in [0, 0.05) is 11.7 Å². The van der Waals surface area contributed by atoms with Crippen LogP contribution in [-0.4, -0.2) is 35.0 Å². The number of fused-ring (bicyclic) bond motifs is 1. The molecule has 0 unspecified atom stereocenters. The quantitative estimate of drug-likeness (QED) is 0.820. The molecular weight excluding hydrogens is 380 g/mol. The third-order valence-electron chi connectivity index (χ3n) is 3.86. The minimum absolute atomic E-state index is 0.00614. The molecule has 0 aliphatic heterocycles. The van der Waals surface area contributed by atoms with Crippen molar-refractivity contribution in [3.05, 3.63) is 23.5 Å². The van der Waals surface area contributed by atoms with Gasteiger partial charge in [-0.25, -0.2) is 22.9 Å². The Morgan fingerprint density at radius 1 is 1.38 bits per heavy atom. The molecule has 0 bridgehead atoms. The van der Waals surface area contributed by atoms with Crippen LogP contribution in [0.1, 0.15) is 40.5 Å². The fraction of sp³-hybridized carbons (Fsp3) is 0.500. The number of pyridine rings is 1. The molecule has 1 aliphatic carbocycles. The first-order valence-corrected chi connectivity index (χ1v) is 9.95. The van der Waals surface area contributed by atoms with Crippen molar-refractivity contribution in [2.24, 2.45) is 0 Å². The van der Waals surface area contributed by atoms with Crippen LogP contribution in [0.3, 0.4) is 0 Å². The molecule has 0 radical (unpaired) electrons. The van der Waals surface area contributed by atoms with E-state index in [1.54, 1.807) is 20.8 Å². The molecule has 3 rings (SSSR count). The maximum absolute atomic E-state index is 12.6. The van der Waals surface area contributed by atoms with E-state index in [0.717, 1.165) is 12.8 Å². The molecular formula is C16H21ClN4O4S. The van der Waals surface area contributed by atoms with Gasteiger partial charge < -0.3 is 4.74 Å². The molecule has 0 spiro atoms. The SMILES string of the molecule is CC1(NS(=O)(=O)c2cc(Cl)c3ncc(NC(=O)OC(C)(C)C)n3c2)CC1. The Balaban J connectivity index is 1.95. The van der Waals surface area contributed by atoms with Crippen molar-refractivity contribution in [2.75, 3.05) is 5.32 Å². The number of sulfonamides is 1. The van der Waals surface area contributed by atoms with Gasteiger partial charge in [-0.15, -0.1) is 0 Å². The lowest BCUT2D eigenvalue weighted by Gasteiger charge is -2.19. The van der Waals surface area contributed by atoms with Crippen molar-refractivity contribution in [2.45, 2.75) is 56.6 Å². The van der Waals surface area contributed by atoms with Crippen LogP contribution in [0.2, 0.25) is 5.02 Å². The van der Waals surface area contributed by atoms with E-state index in [-0.39, 0.29) is 15.7 Å². The van der Waals surface area contributed by atoms with Crippen LogP contribution >= 0.6 is 11.6 Å². The predicted molar refractivity (Wildman–Crippen MR) is 98.0 cm³/mol. The first-order chi connectivity index (χ1) is 11.9. The van der Waals surface area contributed by atoms with Crippen LogP contribution in [0.15, 0.2) is 23.4 Å². The summed E-state index contributed by atoms with van der Waals surface area (Å²) in [7, 11) is -3.75. The van der Waals surface area contributed by atoms with Gasteiger partial charge in [0.05, 0.1) is 11.2 Å². The van der Waals surface area contributed by atoms with Gasteiger partial charge in [-0.1, -0.05) is 11.6 Å². The Labute approximate surface area is 156 Å². The van der Waals surface area contributed by atoms with E-state index in [1.165, 1.54) is 22.9 Å². The second kappa shape index (κ2) is 6.11. The summed E-state index contributed by atoms with van der Waals surface area (Å²) in [6, 6.07) is 1.34. The number of anilines is 1. The molecule has 1 saturated carbocycles. The molecule has 2 aromatic heterocycles. The number of ether oxygens (including phenoxy) is 1. The standard InChI is InChI=1S/C16H21ClN4O4S/c1-15(2,3)25-14(22)19-12-8-18-13-11(17)7-10(9-21(12)13)26(23,24)20-16(4)5-6-16/h7-9,20H,5-6H2,1-4H3,(H,19,22). The molecule has 1 fully saturated rings. The van der Waals surface area contributed by atoms with Crippen LogP contribution in [-0.2, 0) is 14.8 Å². The van der Waals surface area contributed by atoms with Gasteiger partial charge in [-0.2, -0.15) is 0 Å². The van der Waals surface area contributed by atoms with Crippen LogP contribution in [0.25, 0.3) is 5.65 Å². The summed E-state index contributed by atoms with van der Waals surface area (Å²) in [6.45, 7) is 7.07. The van der Waals surface area contributed by atoms with Gasteiger partial charge in [0.2, 0.25) is 10.0 Å². The van der Waals surface area contributed by atoms with Gasteiger partial charge in [-0.05, 0) is 46.6 Å². The highest BCUT2D eigenvalue weighted by molar-refractivity contribution is 7.89. The zero-order valence-electron chi connectivity index (χ0n) is 15.0. The first kappa shape index (κ1) is 18.9. The van der Waals surface area contributed by atoms with Crippen LogP contribution in [0, 0.1) is 0 Å². The van der Waals surface area contributed by atoms with Crippen LogP contribution in [0.4, 0.5) is 10.6 Å². The maximum atomic E-state index is 12.6. The smallest absolute Gasteiger partial charge is 0.413 e. The van der Waals surface area contributed by atoms with E-state index in [1.807, 2.05) is 6.92 Å². The van der Waals surface area contributed by atoms with Gasteiger partial charge in [0.1, 0.15) is 16.3 Å². The Bertz CT molecular complexity index is 974. The lowest BCUT2D eigenvalue weighted by molar-refractivity contribution is 0.0635. The largest absolute Gasteiger partial charge is 0.444 e. The van der Waals surface area contributed by atoms with Crippen molar-refractivity contribution in [3.63, 3.8) is 0 Å². The Hall–Kier alpha value is -1.84. The summed E-state index contributed by atoms with van der Waals surface area (Å²) in [5.41, 5.74) is -0.748. The number of aromatic nitrogens is 2. The maximum Gasteiger partial charge on any atom is 0.413 e. The number of hydrogen-bond acceptors (Lipinski definition) is 5. The number of amides is 1. The van der Waals surface area contributed by atoms with Gasteiger partial charge >= 0.3 is 6.09 Å². The highest BCUT2D eigenvalue weighted by Crippen LogP contribution is 2.36. The topological polar surface area (TPSA) is 102 Å². The van der Waals surface area contributed by atoms with E-state index in [2.05, 4.69) is 15.0 Å². The van der Waals surface area contributed by atoms with E-state index in [4.69, 9.17) is 16.3 Å². The molecule has 0 aromatic carbocycles. The van der Waals surface area contributed by atoms with Gasteiger partial charge in [-0.3, -0.25) is 9.72 Å². The van der Waals surface area contributed by atoms with Crippen LogP contribution in [0.5, 0.6) is 0 Å². The number of nitrogens with zero attached hydrogens (tertiary/aromatic N) is 2. The molecule has 2 heterocycles. The number of halogens is 1. The second-order valence-electron chi connectivity index (χ2n) is 7.65. The summed E-state index contributed by atoms with van der Waals surface area (Å²) in [6.07, 6.45) is 3.66. The minimum Gasteiger partial charge on any atom is -0.444 e. The number of rotatable bonds is 4. The third-order valence-corrected chi connectivity index (χ3v) is 5.74. The molecule has 142 valence electrons. The Morgan fingerprint density at radius 3 is 2.62 bits per heavy atom. The van der Waals surface area contributed by atoms with Crippen molar-refractivity contribution in [1.29, 1.82) is 0 Å². The molecule has 1 aliphatic rings. The van der Waals surface area contributed by atoms with Crippen molar-refractivity contribution in [1.82, 2.24) is 14.1 Å². The van der Waals surface area contributed by atoms with Crippen molar-refractivity contribution in [3.8, 4) is 0 Å². The Morgan fingerprint density at radius 2 is 2.04 bits per heavy atom. The molecule has 2 aromatic rings. The number of imidazole rings is 1. The van der Waals surface area contributed by atoms with Gasteiger partial charge in [0.25, 0.3) is 0 Å². The first-order valence-electron chi connectivity index (χ1n) is 8.09. The molecule has 8 nitrogen and oxygen atoms in total. The van der Waals surface area contributed by atoms with Gasteiger partial charge in [0.15, 0.2) is 5.65 Å². The molecule has 1 amide bonds. The number of carbonyl (C=O) groups excluding carboxylic acids is 1. The van der Waals surface area contributed by atoms with E-state index >= 15 is 0 Å². The lowest BCUT2D eigenvalue weighted by atomic mass is 10.2.